The van der Waals surface area contributed by atoms with E-state index in [0.29, 0.717) is 39.5 Å². The van der Waals surface area contributed by atoms with Crippen molar-refractivity contribution in [2.75, 3.05) is 5.32 Å². The van der Waals surface area contributed by atoms with Gasteiger partial charge in [-0.15, -0.1) is 0 Å². The molecule has 1 heterocycles. The predicted octanol–water partition coefficient (Wildman–Crippen LogP) is 4.19. The fraction of sp³-hybridized carbons (Fsp3) is 0.318. The molecule has 1 amide bonds. The highest BCUT2D eigenvalue weighted by atomic mass is 35.5. The fourth-order valence-corrected chi connectivity index (χ4v) is 4.95. The number of rotatable bonds is 7. The van der Waals surface area contributed by atoms with Gasteiger partial charge < -0.3 is 9.84 Å². The standard InChI is InChI=1S/C22H23ClN4O4S/c1-12-4-9-18(17(23)10-12)24-21(28)14(3)27-32(29,30)19-11-16(6-5-13(19)2)20-25-22(31-26-20)15-7-8-15/h4-6,9-11,14-15,27H,7-8H2,1-3H3,(H,24,28). The highest BCUT2D eigenvalue weighted by Gasteiger charge is 2.30. The molecule has 2 N–H and O–H groups in total. The van der Waals surface area contributed by atoms with Crippen LogP contribution in [0.1, 0.15) is 42.7 Å². The monoisotopic (exact) mass is 474 g/mol. The summed E-state index contributed by atoms with van der Waals surface area (Å²) in [7, 11) is -4.00. The van der Waals surface area contributed by atoms with Crippen LogP contribution in [0.3, 0.4) is 0 Å². The van der Waals surface area contributed by atoms with Crippen molar-refractivity contribution in [2.24, 2.45) is 0 Å². The number of benzene rings is 2. The summed E-state index contributed by atoms with van der Waals surface area (Å²) in [5, 5.41) is 7.00. The molecule has 8 nitrogen and oxygen atoms in total. The zero-order valence-corrected chi connectivity index (χ0v) is 19.4. The average Bonchev–Trinajstić information content (AvgIpc) is 3.47. The topological polar surface area (TPSA) is 114 Å². The number of carbonyl (C=O) groups is 1. The minimum Gasteiger partial charge on any atom is -0.339 e. The van der Waals surface area contributed by atoms with Gasteiger partial charge in [-0.25, -0.2) is 8.42 Å². The van der Waals surface area contributed by atoms with Crippen molar-refractivity contribution in [1.82, 2.24) is 14.9 Å². The van der Waals surface area contributed by atoms with Gasteiger partial charge in [0.25, 0.3) is 0 Å². The maximum Gasteiger partial charge on any atom is 0.242 e. The van der Waals surface area contributed by atoms with Crippen LogP contribution in [-0.2, 0) is 14.8 Å². The Morgan fingerprint density at radius 1 is 1.19 bits per heavy atom. The number of carbonyl (C=O) groups excluding carboxylic acids is 1. The van der Waals surface area contributed by atoms with Crippen LogP contribution in [0.5, 0.6) is 0 Å². The van der Waals surface area contributed by atoms with E-state index in [1.165, 1.54) is 13.0 Å². The van der Waals surface area contributed by atoms with Crippen molar-refractivity contribution >= 4 is 33.2 Å². The normalized spacial score (nSPS) is 14.9. The Labute approximate surface area is 191 Å². The lowest BCUT2D eigenvalue weighted by Crippen LogP contribution is -2.41. The molecule has 1 atom stereocenters. The van der Waals surface area contributed by atoms with Gasteiger partial charge in [-0.3, -0.25) is 4.79 Å². The van der Waals surface area contributed by atoms with Crippen molar-refractivity contribution in [3.05, 3.63) is 58.4 Å². The molecule has 10 heteroatoms. The van der Waals surface area contributed by atoms with Crippen LogP contribution in [-0.4, -0.2) is 30.5 Å². The molecule has 0 aliphatic heterocycles. The first kappa shape index (κ1) is 22.4. The maximum atomic E-state index is 13.1. The number of halogens is 1. The number of aryl methyl sites for hydroxylation is 2. The lowest BCUT2D eigenvalue weighted by molar-refractivity contribution is -0.117. The van der Waals surface area contributed by atoms with Gasteiger partial charge in [0.2, 0.25) is 27.6 Å². The number of nitrogens with one attached hydrogen (secondary N) is 2. The van der Waals surface area contributed by atoms with Crippen LogP contribution in [0.25, 0.3) is 11.4 Å². The zero-order chi connectivity index (χ0) is 23.0. The Morgan fingerprint density at radius 3 is 2.62 bits per heavy atom. The molecule has 0 bridgehead atoms. The lowest BCUT2D eigenvalue weighted by atomic mass is 10.1. The first-order valence-electron chi connectivity index (χ1n) is 10.2. The molecule has 1 fully saturated rings. The van der Waals surface area contributed by atoms with Gasteiger partial charge in [-0.05, 0) is 62.9 Å². The third-order valence-corrected chi connectivity index (χ3v) is 7.21. The number of aromatic nitrogens is 2. The number of hydrogen-bond donors (Lipinski definition) is 2. The lowest BCUT2D eigenvalue weighted by Gasteiger charge is -2.16. The Kier molecular flexibility index (Phi) is 6.07. The number of anilines is 1. The van der Waals surface area contributed by atoms with E-state index in [4.69, 9.17) is 16.1 Å². The van der Waals surface area contributed by atoms with Gasteiger partial charge in [-0.2, -0.15) is 9.71 Å². The molecule has 1 saturated carbocycles. The molecule has 3 aromatic rings. The van der Waals surface area contributed by atoms with Crippen LogP contribution in [0, 0.1) is 13.8 Å². The molecule has 0 spiro atoms. The van der Waals surface area contributed by atoms with Crippen LogP contribution < -0.4 is 10.0 Å². The Balaban J connectivity index is 1.52. The van der Waals surface area contributed by atoms with E-state index in [9.17, 15) is 13.2 Å². The molecule has 168 valence electrons. The number of nitrogens with zero attached hydrogens (tertiary/aromatic N) is 2. The van der Waals surface area contributed by atoms with E-state index in [2.05, 4.69) is 20.2 Å². The largest absolute Gasteiger partial charge is 0.339 e. The average molecular weight is 475 g/mol. The van der Waals surface area contributed by atoms with Crippen molar-refractivity contribution in [3.63, 3.8) is 0 Å². The fourth-order valence-electron chi connectivity index (χ4n) is 3.19. The Morgan fingerprint density at radius 2 is 1.94 bits per heavy atom. The molecule has 0 radical (unpaired) electrons. The number of hydrogen-bond acceptors (Lipinski definition) is 6. The van der Waals surface area contributed by atoms with Gasteiger partial charge in [-0.1, -0.05) is 35.0 Å². The summed E-state index contributed by atoms with van der Waals surface area (Å²) >= 11 is 6.16. The Bertz CT molecular complexity index is 1280. The van der Waals surface area contributed by atoms with E-state index in [0.717, 1.165) is 18.4 Å². The SMILES string of the molecule is Cc1ccc(NC(=O)C(C)NS(=O)(=O)c2cc(-c3noc(C4CC4)n3)ccc2C)c(Cl)c1. The molecule has 2 aromatic carbocycles. The second-order valence-corrected chi connectivity index (χ2v) is 10.1. The molecular formula is C22H23ClN4O4S. The molecule has 1 aliphatic rings. The summed E-state index contributed by atoms with van der Waals surface area (Å²) in [5.41, 5.74) is 2.41. The van der Waals surface area contributed by atoms with Crippen molar-refractivity contribution < 1.29 is 17.7 Å². The smallest absolute Gasteiger partial charge is 0.242 e. The van der Waals surface area contributed by atoms with E-state index >= 15 is 0 Å². The van der Waals surface area contributed by atoms with Gasteiger partial charge in [0.05, 0.1) is 21.6 Å². The third-order valence-electron chi connectivity index (χ3n) is 5.21. The summed E-state index contributed by atoms with van der Waals surface area (Å²) < 4.78 is 33.8. The second kappa shape index (κ2) is 8.65. The molecule has 1 aliphatic carbocycles. The van der Waals surface area contributed by atoms with Gasteiger partial charge in [0.15, 0.2) is 0 Å². The summed E-state index contributed by atoms with van der Waals surface area (Å²) in [4.78, 5) is 17.0. The number of sulfonamides is 1. The molecular weight excluding hydrogens is 452 g/mol. The summed E-state index contributed by atoms with van der Waals surface area (Å²) in [6.07, 6.45) is 2.04. The van der Waals surface area contributed by atoms with Gasteiger partial charge in [0, 0.05) is 11.5 Å². The summed E-state index contributed by atoms with van der Waals surface area (Å²) in [6, 6.07) is 9.06. The van der Waals surface area contributed by atoms with Crippen molar-refractivity contribution in [3.8, 4) is 11.4 Å². The second-order valence-electron chi connectivity index (χ2n) is 8.03. The van der Waals surface area contributed by atoms with Crippen molar-refractivity contribution in [2.45, 2.75) is 50.5 Å². The molecule has 4 rings (SSSR count). The summed E-state index contributed by atoms with van der Waals surface area (Å²) in [5.74, 6) is 0.680. The van der Waals surface area contributed by atoms with Crippen molar-refractivity contribution in [1.29, 1.82) is 0 Å². The van der Waals surface area contributed by atoms with Crippen LogP contribution in [0.15, 0.2) is 45.8 Å². The van der Waals surface area contributed by atoms with Crippen LogP contribution in [0.4, 0.5) is 5.69 Å². The Hall–Kier alpha value is -2.75. The molecule has 32 heavy (non-hydrogen) atoms. The summed E-state index contributed by atoms with van der Waals surface area (Å²) in [6.45, 7) is 5.03. The van der Waals surface area contributed by atoms with E-state index < -0.39 is 22.0 Å². The van der Waals surface area contributed by atoms with E-state index in [-0.39, 0.29) is 4.90 Å². The van der Waals surface area contributed by atoms with Gasteiger partial charge in [0.1, 0.15) is 0 Å². The highest BCUT2D eigenvalue weighted by molar-refractivity contribution is 7.89. The van der Waals surface area contributed by atoms with E-state index in [1.54, 1.807) is 37.3 Å². The third kappa shape index (κ3) is 4.85. The first-order valence-corrected chi connectivity index (χ1v) is 12.0. The number of amides is 1. The highest BCUT2D eigenvalue weighted by Crippen LogP contribution is 2.39. The predicted molar refractivity (Wildman–Crippen MR) is 121 cm³/mol. The maximum absolute atomic E-state index is 13.1. The molecule has 1 unspecified atom stereocenters. The van der Waals surface area contributed by atoms with Gasteiger partial charge >= 0.3 is 0 Å². The molecule has 0 saturated heterocycles. The minimum atomic E-state index is -4.00. The van der Waals surface area contributed by atoms with E-state index in [1.807, 2.05) is 6.92 Å². The molecule has 1 aromatic heterocycles. The quantitative estimate of drug-likeness (QED) is 0.530. The van der Waals surface area contributed by atoms with Crippen LogP contribution >= 0.6 is 11.6 Å². The van der Waals surface area contributed by atoms with Crippen LogP contribution in [0.2, 0.25) is 5.02 Å². The zero-order valence-electron chi connectivity index (χ0n) is 17.8. The minimum absolute atomic E-state index is 0.0424. The first-order chi connectivity index (χ1) is 15.1.